The van der Waals surface area contributed by atoms with Crippen molar-refractivity contribution >= 4 is 5.97 Å². The second-order valence-corrected chi connectivity index (χ2v) is 5.19. The van der Waals surface area contributed by atoms with Gasteiger partial charge >= 0.3 is 5.97 Å². The molecule has 0 saturated carbocycles. The number of rotatable bonds is 5. The highest BCUT2D eigenvalue weighted by atomic mass is 16.5. The molecule has 1 saturated heterocycles. The molecule has 0 aliphatic carbocycles. The highest BCUT2D eigenvalue weighted by Crippen LogP contribution is 2.28. The lowest BCUT2D eigenvalue weighted by atomic mass is 10.0. The summed E-state index contributed by atoms with van der Waals surface area (Å²) in [6.45, 7) is 6.35. The molecule has 1 aliphatic rings. The lowest BCUT2D eigenvalue weighted by Gasteiger charge is -2.22. The quantitative estimate of drug-likeness (QED) is 0.763. The van der Waals surface area contributed by atoms with Crippen LogP contribution in [-0.4, -0.2) is 30.1 Å². The van der Waals surface area contributed by atoms with Crippen LogP contribution >= 0.6 is 0 Å². The van der Waals surface area contributed by atoms with E-state index in [9.17, 15) is 4.79 Å². The molecule has 1 aromatic carbocycles. The summed E-state index contributed by atoms with van der Waals surface area (Å²) in [6, 6.07) is 10.3. The first-order valence-electron chi connectivity index (χ1n) is 7.19. The zero-order chi connectivity index (χ0) is 13.7. The minimum Gasteiger partial charge on any atom is -0.465 e. The summed E-state index contributed by atoms with van der Waals surface area (Å²) in [5.74, 6) is 0.549. The average molecular weight is 261 g/mol. The number of carbonyl (C=O) groups excluding carboxylic acids is 1. The van der Waals surface area contributed by atoms with Gasteiger partial charge in [0, 0.05) is 13.1 Å². The first kappa shape index (κ1) is 14.1. The predicted molar refractivity (Wildman–Crippen MR) is 75.7 cm³/mol. The minimum absolute atomic E-state index is 0.0608. The molecule has 104 valence electrons. The molecule has 1 aliphatic heterocycles. The van der Waals surface area contributed by atoms with Gasteiger partial charge in [-0.3, -0.25) is 9.69 Å². The number of esters is 1. The van der Waals surface area contributed by atoms with E-state index >= 15 is 0 Å². The number of nitrogens with zero attached hydrogens (tertiary/aromatic N) is 1. The first-order valence-corrected chi connectivity index (χ1v) is 7.19. The maximum Gasteiger partial charge on any atom is 0.323 e. The number of carbonyl (C=O) groups is 1. The predicted octanol–water partition coefficient (Wildman–Crippen LogP) is 2.85. The zero-order valence-electron chi connectivity index (χ0n) is 11.8. The summed E-state index contributed by atoms with van der Waals surface area (Å²) in [4.78, 5) is 14.3. The first-order chi connectivity index (χ1) is 9.24. The van der Waals surface area contributed by atoms with Crippen LogP contribution in [0, 0.1) is 5.92 Å². The van der Waals surface area contributed by atoms with Crippen LogP contribution in [0.25, 0.3) is 0 Å². The van der Waals surface area contributed by atoms with Gasteiger partial charge in [-0.1, -0.05) is 43.7 Å². The molecule has 3 heteroatoms. The van der Waals surface area contributed by atoms with Crippen LogP contribution in [0.1, 0.15) is 32.3 Å². The average Bonchev–Trinajstić information content (AvgIpc) is 2.83. The summed E-state index contributed by atoms with van der Waals surface area (Å²) in [7, 11) is 0. The molecule has 1 aromatic rings. The molecule has 3 nitrogen and oxygen atoms in total. The normalized spacial score (nSPS) is 23.5. The lowest BCUT2D eigenvalue weighted by Crippen LogP contribution is -2.36. The zero-order valence-corrected chi connectivity index (χ0v) is 11.8. The van der Waals surface area contributed by atoms with Crippen LogP contribution < -0.4 is 0 Å². The van der Waals surface area contributed by atoms with Crippen molar-refractivity contribution in [1.82, 2.24) is 4.90 Å². The fourth-order valence-electron chi connectivity index (χ4n) is 2.77. The van der Waals surface area contributed by atoms with Crippen molar-refractivity contribution in [2.45, 2.75) is 39.3 Å². The Morgan fingerprint density at radius 3 is 2.68 bits per heavy atom. The molecule has 0 radical (unpaired) electrons. The van der Waals surface area contributed by atoms with Gasteiger partial charge in [-0.05, 0) is 24.8 Å². The Morgan fingerprint density at radius 2 is 2.05 bits per heavy atom. The number of benzene rings is 1. The number of ether oxygens (including phenoxy) is 1. The highest BCUT2D eigenvalue weighted by Gasteiger charge is 2.36. The van der Waals surface area contributed by atoms with Gasteiger partial charge in [0.15, 0.2) is 0 Å². The Balaban J connectivity index is 2.05. The topological polar surface area (TPSA) is 29.5 Å². The van der Waals surface area contributed by atoms with E-state index in [1.807, 2.05) is 25.1 Å². The van der Waals surface area contributed by atoms with Gasteiger partial charge in [-0.2, -0.15) is 0 Å². The third kappa shape index (κ3) is 3.57. The van der Waals surface area contributed by atoms with Gasteiger partial charge in [0.25, 0.3) is 0 Å². The van der Waals surface area contributed by atoms with Crippen molar-refractivity contribution in [2.75, 3.05) is 13.2 Å². The maximum absolute atomic E-state index is 12.0. The van der Waals surface area contributed by atoms with Crippen LogP contribution in [0.2, 0.25) is 0 Å². The van der Waals surface area contributed by atoms with Crippen LogP contribution in [0.4, 0.5) is 0 Å². The third-order valence-corrected chi connectivity index (χ3v) is 3.85. The monoisotopic (exact) mass is 261 g/mol. The van der Waals surface area contributed by atoms with Crippen LogP contribution in [-0.2, 0) is 16.1 Å². The van der Waals surface area contributed by atoms with Crippen molar-refractivity contribution in [3.8, 4) is 0 Å². The van der Waals surface area contributed by atoms with Crippen molar-refractivity contribution in [3.63, 3.8) is 0 Å². The summed E-state index contributed by atoms with van der Waals surface area (Å²) < 4.78 is 5.21. The Bertz CT molecular complexity index is 404. The molecular weight excluding hydrogens is 238 g/mol. The smallest absolute Gasteiger partial charge is 0.323 e. The SMILES string of the molecule is CCOC(=O)C1CC(CC)CN1Cc1ccccc1. The summed E-state index contributed by atoms with van der Waals surface area (Å²) in [5.41, 5.74) is 1.26. The number of hydrogen-bond donors (Lipinski definition) is 0. The Kier molecular flexibility index (Phi) is 4.97. The molecule has 1 fully saturated rings. The molecule has 0 aromatic heterocycles. The molecule has 2 rings (SSSR count). The van der Waals surface area contributed by atoms with Crippen molar-refractivity contribution in [1.29, 1.82) is 0 Å². The van der Waals surface area contributed by atoms with E-state index in [2.05, 4.69) is 24.0 Å². The molecule has 0 N–H and O–H groups in total. The fourth-order valence-corrected chi connectivity index (χ4v) is 2.77. The Hall–Kier alpha value is -1.35. The minimum atomic E-state index is -0.0647. The van der Waals surface area contributed by atoms with E-state index in [4.69, 9.17) is 4.74 Å². The van der Waals surface area contributed by atoms with Gasteiger partial charge in [0.05, 0.1) is 6.61 Å². The third-order valence-electron chi connectivity index (χ3n) is 3.85. The largest absolute Gasteiger partial charge is 0.465 e. The van der Waals surface area contributed by atoms with E-state index in [0.29, 0.717) is 12.5 Å². The van der Waals surface area contributed by atoms with Gasteiger partial charge in [-0.25, -0.2) is 0 Å². The van der Waals surface area contributed by atoms with Crippen molar-refractivity contribution in [2.24, 2.45) is 5.92 Å². The van der Waals surface area contributed by atoms with E-state index in [-0.39, 0.29) is 12.0 Å². The van der Waals surface area contributed by atoms with Gasteiger partial charge in [0.1, 0.15) is 6.04 Å². The summed E-state index contributed by atoms with van der Waals surface area (Å²) in [5, 5.41) is 0. The van der Waals surface area contributed by atoms with Crippen LogP contribution in [0.3, 0.4) is 0 Å². The fraction of sp³-hybridized carbons (Fsp3) is 0.562. The van der Waals surface area contributed by atoms with Crippen molar-refractivity contribution < 1.29 is 9.53 Å². The number of likely N-dealkylation sites (tertiary alicyclic amines) is 1. The van der Waals surface area contributed by atoms with Crippen molar-refractivity contribution in [3.05, 3.63) is 35.9 Å². The van der Waals surface area contributed by atoms with Gasteiger partial charge in [-0.15, -0.1) is 0 Å². The molecule has 2 unspecified atom stereocenters. The number of hydrogen-bond acceptors (Lipinski definition) is 3. The molecule has 1 heterocycles. The Labute approximate surface area is 115 Å². The van der Waals surface area contributed by atoms with E-state index in [1.165, 1.54) is 5.56 Å². The standard InChI is InChI=1S/C16H23NO2/c1-3-13-10-15(16(18)19-4-2)17(11-13)12-14-8-6-5-7-9-14/h5-9,13,15H,3-4,10-12H2,1-2H3. The van der Waals surface area contributed by atoms with Crippen LogP contribution in [0.15, 0.2) is 30.3 Å². The summed E-state index contributed by atoms with van der Waals surface area (Å²) in [6.07, 6.45) is 2.06. The van der Waals surface area contributed by atoms with E-state index in [0.717, 1.165) is 25.9 Å². The molecule has 0 spiro atoms. The van der Waals surface area contributed by atoms with E-state index in [1.54, 1.807) is 0 Å². The molecule has 19 heavy (non-hydrogen) atoms. The maximum atomic E-state index is 12.0. The van der Waals surface area contributed by atoms with E-state index < -0.39 is 0 Å². The lowest BCUT2D eigenvalue weighted by molar-refractivity contribution is -0.148. The molecular formula is C16H23NO2. The molecule has 2 atom stereocenters. The molecule has 0 bridgehead atoms. The van der Waals surface area contributed by atoms with Gasteiger partial charge in [0.2, 0.25) is 0 Å². The molecule has 0 amide bonds. The second-order valence-electron chi connectivity index (χ2n) is 5.19. The highest BCUT2D eigenvalue weighted by molar-refractivity contribution is 5.76. The van der Waals surface area contributed by atoms with Gasteiger partial charge < -0.3 is 4.74 Å². The summed E-state index contributed by atoms with van der Waals surface area (Å²) >= 11 is 0. The Morgan fingerprint density at radius 1 is 1.32 bits per heavy atom. The second kappa shape index (κ2) is 6.71. The van der Waals surface area contributed by atoms with Crippen LogP contribution in [0.5, 0.6) is 0 Å².